The lowest BCUT2D eigenvalue weighted by molar-refractivity contribution is 0.104. The lowest BCUT2D eigenvalue weighted by atomic mass is 9.94. The first-order valence-corrected chi connectivity index (χ1v) is 6.70. The van der Waals surface area contributed by atoms with Crippen molar-refractivity contribution in [2.45, 2.75) is 45.1 Å². The van der Waals surface area contributed by atoms with E-state index >= 15 is 0 Å². The molecule has 0 spiro atoms. The second kappa shape index (κ2) is 5.31. The minimum Gasteiger partial charge on any atom is -0.319 e. The van der Waals surface area contributed by atoms with Crippen LogP contribution in [-0.2, 0) is 0 Å². The summed E-state index contributed by atoms with van der Waals surface area (Å²) in [5, 5.41) is 3.33. The van der Waals surface area contributed by atoms with E-state index in [1.807, 2.05) is 0 Å². The van der Waals surface area contributed by atoms with E-state index in [1.54, 1.807) is 0 Å². The van der Waals surface area contributed by atoms with Gasteiger partial charge in [0.05, 0.1) is 0 Å². The highest BCUT2D eigenvalue weighted by Crippen LogP contribution is 2.32. The zero-order valence-corrected chi connectivity index (χ0v) is 10.3. The molecule has 0 radical (unpaired) electrons. The number of hydrogen-bond acceptors (Lipinski definition) is 2. The normalized spacial score (nSPS) is 38.4. The van der Waals surface area contributed by atoms with Gasteiger partial charge in [-0.3, -0.25) is 4.90 Å². The van der Waals surface area contributed by atoms with Crippen molar-refractivity contribution in [3.8, 4) is 0 Å². The Morgan fingerprint density at radius 2 is 2.07 bits per heavy atom. The Balaban J connectivity index is 1.86. The summed E-state index contributed by atoms with van der Waals surface area (Å²) in [6, 6.07) is 0.907. The lowest BCUT2D eigenvalue weighted by Gasteiger charge is -2.38. The second-order valence-corrected chi connectivity index (χ2v) is 5.54. The average Bonchev–Trinajstić information content (AvgIpc) is 2.65. The van der Waals surface area contributed by atoms with Crippen molar-refractivity contribution in [2.24, 2.45) is 11.8 Å². The van der Waals surface area contributed by atoms with Gasteiger partial charge in [-0.25, -0.2) is 0 Å². The number of hydrogen-bond donors (Lipinski definition) is 1. The first-order valence-electron chi connectivity index (χ1n) is 6.70. The highest BCUT2D eigenvalue weighted by atomic mass is 15.2. The SMILES string of the molecule is CNCC1CCCN(C2CCCC2C)C1. The van der Waals surface area contributed by atoms with Crippen molar-refractivity contribution in [1.82, 2.24) is 10.2 Å². The summed E-state index contributed by atoms with van der Waals surface area (Å²) in [5.41, 5.74) is 0. The summed E-state index contributed by atoms with van der Waals surface area (Å²) >= 11 is 0. The van der Waals surface area contributed by atoms with Crippen molar-refractivity contribution >= 4 is 0 Å². The third-order valence-corrected chi connectivity index (χ3v) is 4.33. The zero-order chi connectivity index (χ0) is 10.7. The molecule has 1 aliphatic heterocycles. The molecule has 3 unspecified atom stereocenters. The average molecular weight is 210 g/mol. The molecule has 2 nitrogen and oxygen atoms in total. The van der Waals surface area contributed by atoms with Gasteiger partial charge in [-0.15, -0.1) is 0 Å². The maximum Gasteiger partial charge on any atom is 0.0121 e. The molecule has 1 N–H and O–H groups in total. The summed E-state index contributed by atoms with van der Waals surface area (Å²) in [6.07, 6.45) is 7.21. The van der Waals surface area contributed by atoms with Gasteiger partial charge in [0.15, 0.2) is 0 Å². The van der Waals surface area contributed by atoms with Gasteiger partial charge in [0.1, 0.15) is 0 Å². The van der Waals surface area contributed by atoms with Gasteiger partial charge in [-0.1, -0.05) is 13.3 Å². The van der Waals surface area contributed by atoms with Crippen LogP contribution in [0.25, 0.3) is 0 Å². The summed E-state index contributed by atoms with van der Waals surface area (Å²) in [4.78, 5) is 2.78. The predicted octanol–water partition coefficient (Wildman–Crippen LogP) is 2.11. The molecule has 1 heterocycles. The highest BCUT2D eigenvalue weighted by molar-refractivity contribution is 4.86. The van der Waals surface area contributed by atoms with E-state index in [0.29, 0.717) is 0 Å². The summed E-state index contributed by atoms with van der Waals surface area (Å²) in [5.74, 6) is 1.84. The molecule has 2 fully saturated rings. The van der Waals surface area contributed by atoms with Gasteiger partial charge < -0.3 is 5.32 Å². The fourth-order valence-corrected chi connectivity index (χ4v) is 3.52. The zero-order valence-electron chi connectivity index (χ0n) is 10.3. The fraction of sp³-hybridized carbons (Fsp3) is 1.00. The molecular formula is C13H26N2. The molecule has 2 heteroatoms. The number of nitrogens with zero attached hydrogens (tertiary/aromatic N) is 1. The standard InChI is InChI=1S/C13H26N2/c1-11-5-3-7-13(11)15-8-4-6-12(10-15)9-14-2/h11-14H,3-10H2,1-2H3. The molecule has 15 heavy (non-hydrogen) atoms. The molecule has 1 saturated heterocycles. The van der Waals surface area contributed by atoms with Crippen LogP contribution in [0.5, 0.6) is 0 Å². The van der Waals surface area contributed by atoms with Gasteiger partial charge >= 0.3 is 0 Å². The molecule has 3 atom stereocenters. The summed E-state index contributed by atoms with van der Waals surface area (Å²) in [6.45, 7) is 6.35. The molecule has 0 amide bonds. The Morgan fingerprint density at radius 3 is 2.73 bits per heavy atom. The molecule has 0 aromatic carbocycles. The Bertz CT molecular complexity index is 191. The van der Waals surface area contributed by atoms with E-state index in [0.717, 1.165) is 17.9 Å². The van der Waals surface area contributed by atoms with E-state index in [4.69, 9.17) is 0 Å². The molecule has 0 aromatic heterocycles. The van der Waals surface area contributed by atoms with Crippen LogP contribution >= 0.6 is 0 Å². The van der Waals surface area contributed by atoms with Gasteiger partial charge in [0.2, 0.25) is 0 Å². The van der Waals surface area contributed by atoms with Crippen LogP contribution in [0, 0.1) is 11.8 Å². The van der Waals surface area contributed by atoms with Crippen molar-refractivity contribution in [3.05, 3.63) is 0 Å². The van der Waals surface area contributed by atoms with Gasteiger partial charge in [-0.05, 0) is 57.7 Å². The Kier molecular flexibility index (Phi) is 4.04. The van der Waals surface area contributed by atoms with E-state index < -0.39 is 0 Å². The summed E-state index contributed by atoms with van der Waals surface area (Å²) < 4.78 is 0. The van der Waals surface area contributed by atoms with Crippen molar-refractivity contribution in [3.63, 3.8) is 0 Å². The maximum atomic E-state index is 3.33. The van der Waals surface area contributed by atoms with E-state index in [-0.39, 0.29) is 0 Å². The van der Waals surface area contributed by atoms with Crippen LogP contribution in [0.4, 0.5) is 0 Å². The van der Waals surface area contributed by atoms with Crippen LogP contribution < -0.4 is 5.32 Å². The van der Waals surface area contributed by atoms with Crippen LogP contribution in [0.3, 0.4) is 0 Å². The van der Waals surface area contributed by atoms with E-state index in [9.17, 15) is 0 Å². The molecule has 0 bridgehead atoms. The van der Waals surface area contributed by atoms with Gasteiger partial charge in [-0.2, -0.15) is 0 Å². The summed E-state index contributed by atoms with van der Waals surface area (Å²) in [7, 11) is 2.08. The molecule has 2 aliphatic rings. The maximum absolute atomic E-state index is 3.33. The highest BCUT2D eigenvalue weighted by Gasteiger charge is 2.31. The number of rotatable bonds is 3. The van der Waals surface area contributed by atoms with Gasteiger partial charge in [0, 0.05) is 12.6 Å². The molecule has 2 rings (SSSR count). The van der Waals surface area contributed by atoms with Crippen LogP contribution in [0.2, 0.25) is 0 Å². The molecule has 1 saturated carbocycles. The van der Waals surface area contributed by atoms with Crippen LogP contribution in [0.15, 0.2) is 0 Å². The number of nitrogens with one attached hydrogen (secondary N) is 1. The third-order valence-electron chi connectivity index (χ3n) is 4.33. The van der Waals surface area contributed by atoms with Gasteiger partial charge in [0.25, 0.3) is 0 Å². The van der Waals surface area contributed by atoms with Crippen LogP contribution in [0.1, 0.15) is 39.0 Å². The predicted molar refractivity (Wildman–Crippen MR) is 65.0 cm³/mol. The number of piperidine rings is 1. The van der Waals surface area contributed by atoms with Crippen molar-refractivity contribution in [1.29, 1.82) is 0 Å². The minimum atomic E-state index is 0.900. The molecular weight excluding hydrogens is 184 g/mol. The monoisotopic (exact) mass is 210 g/mol. The Morgan fingerprint density at radius 1 is 1.20 bits per heavy atom. The quantitative estimate of drug-likeness (QED) is 0.767. The Hall–Kier alpha value is -0.0800. The number of likely N-dealkylation sites (tertiary alicyclic amines) is 1. The van der Waals surface area contributed by atoms with Crippen LogP contribution in [-0.4, -0.2) is 37.6 Å². The first-order chi connectivity index (χ1) is 7.31. The largest absolute Gasteiger partial charge is 0.319 e. The first kappa shape index (κ1) is 11.4. The van der Waals surface area contributed by atoms with E-state index in [1.165, 1.54) is 51.7 Å². The molecule has 88 valence electrons. The molecule has 0 aromatic rings. The smallest absolute Gasteiger partial charge is 0.0121 e. The fourth-order valence-electron chi connectivity index (χ4n) is 3.52. The third kappa shape index (κ3) is 2.73. The topological polar surface area (TPSA) is 15.3 Å². The Labute approximate surface area is 94.4 Å². The van der Waals surface area contributed by atoms with E-state index in [2.05, 4.69) is 24.2 Å². The van der Waals surface area contributed by atoms with Crippen molar-refractivity contribution < 1.29 is 0 Å². The second-order valence-electron chi connectivity index (χ2n) is 5.54. The lowest BCUT2D eigenvalue weighted by Crippen LogP contribution is -2.45. The molecule has 1 aliphatic carbocycles. The minimum absolute atomic E-state index is 0.900. The van der Waals surface area contributed by atoms with Crippen molar-refractivity contribution in [2.75, 3.05) is 26.7 Å².